The van der Waals surface area contributed by atoms with Crippen LogP contribution in [0.4, 0.5) is 0 Å². The van der Waals surface area contributed by atoms with Crippen LogP contribution >= 0.6 is 0 Å². The van der Waals surface area contributed by atoms with E-state index in [1.54, 1.807) is 16.8 Å². The third kappa shape index (κ3) is 4.45. The minimum atomic E-state index is -3.78. The lowest BCUT2D eigenvalue weighted by atomic mass is 10.1. The van der Waals surface area contributed by atoms with Crippen molar-refractivity contribution in [2.24, 2.45) is 5.14 Å². The Balaban J connectivity index is 2.00. The van der Waals surface area contributed by atoms with Crippen molar-refractivity contribution in [2.45, 2.75) is 17.7 Å². The zero-order valence-electron chi connectivity index (χ0n) is 15.2. The van der Waals surface area contributed by atoms with Crippen molar-refractivity contribution in [3.63, 3.8) is 0 Å². The van der Waals surface area contributed by atoms with Crippen molar-refractivity contribution in [1.82, 2.24) is 14.8 Å². The monoisotopic (exact) mass is 400 g/mol. The Morgan fingerprint density at radius 3 is 2.36 bits per heavy atom. The Bertz CT molecular complexity index is 1070. The molecule has 0 saturated carbocycles. The van der Waals surface area contributed by atoms with Crippen LogP contribution in [0.2, 0.25) is 0 Å². The maximum atomic E-state index is 11.7. The maximum absolute atomic E-state index is 11.7. The number of hydrogen-bond donors (Lipinski definition) is 2. The van der Waals surface area contributed by atoms with Crippen molar-refractivity contribution in [3.05, 3.63) is 66.4 Å². The van der Waals surface area contributed by atoms with Gasteiger partial charge in [-0.1, -0.05) is 30.3 Å². The first-order valence-electron chi connectivity index (χ1n) is 8.49. The van der Waals surface area contributed by atoms with Crippen molar-refractivity contribution < 1.29 is 18.4 Å². The minimum absolute atomic E-state index is 0.0153. The van der Waals surface area contributed by atoms with Crippen LogP contribution in [0, 0.1) is 0 Å². The third-order valence-corrected chi connectivity index (χ3v) is 5.12. The zero-order valence-corrected chi connectivity index (χ0v) is 16.0. The summed E-state index contributed by atoms with van der Waals surface area (Å²) in [5, 5.41) is 19.5. The van der Waals surface area contributed by atoms with Gasteiger partial charge in [0.15, 0.2) is 0 Å². The quantitative estimate of drug-likeness (QED) is 0.484. The summed E-state index contributed by atoms with van der Waals surface area (Å²) < 4.78 is 24.6. The predicted molar refractivity (Wildman–Crippen MR) is 103 cm³/mol. The molecule has 3 N–H and O–H groups in total. The molecule has 3 aromatic rings. The topological polar surface area (TPSA) is 119 Å². The second-order valence-corrected chi connectivity index (χ2v) is 7.82. The highest BCUT2D eigenvalue weighted by Crippen LogP contribution is 2.25. The van der Waals surface area contributed by atoms with Crippen LogP contribution in [-0.2, 0) is 21.2 Å². The first kappa shape index (κ1) is 19.7. The fourth-order valence-corrected chi connectivity index (χ4v) is 3.25. The van der Waals surface area contributed by atoms with E-state index in [-0.39, 0.29) is 11.3 Å². The summed E-state index contributed by atoms with van der Waals surface area (Å²) in [6.45, 7) is 0. The van der Waals surface area contributed by atoms with E-state index in [2.05, 4.69) is 5.10 Å². The summed E-state index contributed by atoms with van der Waals surface area (Å²) in [6.07, 6.45) is 0.467. The lowest BCUT2D eigenvalue weighted by molar-refractivity contribution is -0.159. The molecule has 8 nitrogen and oxygen atoms in total. The number of aromatic nitrogens is 2. The van der Waals surface area contributed by atoms with Gasteiger partial charge in [0.2, 0.25) is 15.9 Å². The standard InChI is InChI=1S/C19H20N4O4S/c1-22(25)19(24)12-7-15-13-18(14-5-3-2-4-6-14)23(21-15)16-8-10-17(11-9-16)28(20,26)27/h2-6,8-11,13,25H,7,12H2,1H3,(H2,20,26,27). The molecule has 1 heterocycles. The van der Waals surface area contributed by atoms with Crippen LogP contribution in [0.5, 0.6) is 0 Å². The fourth-order valence-electron chi connectivity index (χ4n) is 2.74. The van der Waals surface area contributed by atoms with Crippen molar-refractivity contribution in [3.8, 4) is 16.9 Å². The molecular weight excluding hydrogens is 380 g/mol. The number of amides is 1. The molecule has 2 aromatic carbocycles. The first-order chi connectivity index (χ1) is 13.3. The minimum Gasteiger partial charge on any atom is -0.286 e. The molecule has 1 amide bonds. The number of hydroxylamine groups is 2. The lowest BCUT2D eigenvalue weighted by Gasteiger charge is -2.08. The van der Waals surface area contributed by atoms with E-state index in [1.165, 1.54) is 19.2 Å². The summed E-state index contributed by atoms with van der Waals surface area (Å²) >= 11 is 0. The Morgan fingerprint density at radius 1 is 1.14 bits per heavy atom. The Morgan fingerprint density at radius 2 is 1.79 bits per heavy atom. The van der Waals surface area contributed by atoms with Crippen molar-refractivity contribution in [1.29, 1.82) is 0 Å². The molecule has 0 spiro atoms. The average molecular weight is 400 g/mol. The van der Waals surface area contributed by atoms with Gasteiger partial charge in [0, 0.05) is 25.5 Å². The van der Waals surface area contributed by atoms with Gasteiger partial charge in [-0.25, -0.2) is 23.3 Å². The fraction of sp³-hybridized carbons (Fsp3) is 0.158. The number of sulfonamides is 1. The Hall–Kier alpha value is -3.01. The van der Waals surface area contributed by atoms with Crippen LogP contribution in [0.3, 0.4) is 0 Å². The predicted octanol–water partition coefficient (Wildman–Crippen LogP) is 1.97. The molecule has 146 valence electrons. The molecule has 0 aliphatic heterocycles. The summed E-state index contributed by atoms with van der Waals surface area (Å²) in [4.78, 5) is 11.7. The van der Waals surface area contributed by atoms with E-state index >= 15 is 0 Å². The number of aryl methyl sites for hydroxylation is 1. The molecule has 0 saturated heterocycles. The van der Waals surface area contributed by atoms with Gasteiger partial charge in [-0.3, -0.25) is 10.0 Å². The molecule has 0 atom stereocenters. The first-order valence-corrected chi connectivity index (χ1v) is 10.0. The molecule has 0 unspecified atom stereocenters. The summed E-state index contributed by atoms with van der Waals surface area (Å²) in [7, 11) is -2.50. The molecule has 3 rings (SSSR count). The van der Waals surface area contributed by atoms with Gasteiger partial charge in [-0.15, -0.1) is 0 Å². The van der Waals surface area contributed by atoms with E-state index in [0.717, 1.165) is 11.3 Å². The van der Waals surface area contributed by atoms with Crippen LogP contribution in [0.1, 0.15) is 12.1 Å². The van der Waals surface area contributed by atoms with Gasteiger partial charge in [0.05, 0.1) is 22.0 Å². The molecule has 0 aliphatic rings. The molecule has 0 radical (unpaired) electrons. The average Bonchev–Trinajstić information content (AvgIpc) is 3.10. The second kappa shape index (κ2) is 7.93. The highest BCUT2D eigenvalue weighted by atomic mass is 32.2. The number of carbonyl (C=O) groups is 1. The third-order valence-electron chi connectivity index (χ3n) is 4.20. The van der Waals surface area contributed by atoms with Crippen LogP contribution in [-0.4, -0.2) is 41.4 Å². The van der Waals surface area contributed by atoms with E-state index in [1.807, 2.05) is 36.4 Å². The highest BCUT2D eigenvalue weighted by Gasteiger charge is 2.15. The summed E-state index contributed by atoms with van der Waals surface area (Å²) in [5.74, 6) is -0.409. The summed E-state index contributed by atoms with van der Waals surface area (Å²) in [5.41, 5.74) is 3.04. The zero-order chi connectivity index (χ0) is 20.3. The number of carbonyl (C=O) groups excluding carboxylic acids is 1. The highest BCUT2D eigenvalue weighted by molar-refractivity contribution is 7.89. The van der Waals surface area contributed by atoms with Gasteiger partial charge in [0.1, 0.15) is 0 Å². The molecule has 1 aromatic heterocycles. The van der Waals surface area contributed by atoms with E-state index in [4.69, 9.17) is 5.14 Å². The van der Waals surface area contributed by atoms with Gasteiger partial charge in [-0.05, 0) is 30.3 Å². The number of benzene rings is 2. The van der Waals surface area contributed by atoms with Gasteiger partial charge in [-0.2, -0.15) is 5.10 Å². The van der Waals surface area contributed by atoms with Crippen LogP contribution in [0.25, 0.3) is 16.9 Å². The number of hydrogen-bond acceptors (Lipinski definition) is 5. The van der Waals surface area contributed by atoms with Gasteiger partial charge < -0.3 is 0 Å². The van der Waals surface area contributed by atoms with E-state index in [9.17, 15) is 18.4 Å². The largest absolute Gasteiger partial charge is 0.286 e. The number of rotatable bonds is 6. The molecule has 0 aliphatic carbocycles. The van der Waals surface area contributed by atoms with E-state index in [0.29, 0.717) is 22.9 Å². The van der Waals surface area contributed by atoms with Crippen LogP contribution < -0.4 is 5.14 Å². The molecule has 0 fully saturated rings. The van der Waals surface area contributed by atoms with Crippen molar-refractivity contribution in [2.75, 3.05) is 7.05 Å². The van der Waals surface area contributed by atoms with Crippen LogP contribution in [0.15, 0.2) is 65.6 Å². The normalized spacial score (nSPS) is 11.4. The van der Waals surface area contributed by atoms with Crippen molar-refractivity contribution >= 4 is 15.9 Å². The SMILES string of the molecule is CN(O)C(=O)CCc1cc(-c2ccccc2)n(-c2ccc(S(N)(=O)=O)cc2)n1. The van der Waals surface area contributed by atoms with Gasteiger partial charge in [0.25, 0.3) is 0 Å². The van der Waals surface area contributed by atoms with E-state index < -0.39 is 15.9 Å². The van der Waals surface area contributed by atoms with Gasteiger partial charge >= 0.3 is 0 Å². The smallest absolute Gasteiger partial charge is 0.246 e. The molecule has 28 heavy (non-hydrogen) atoms. The number of nitrogens with zero attached hydrogens (tertiary/aromatic N) is 3. The number of primary sulfonamides is 1. The Labute approximate surface area is 162 Å². The molecule has 9 heteroatoms. The second-order valence-electron chi connectivity index (χ2n) is 6.26. The lowest BCUT2D eigenvalue weighted by Crippen LogP contribution is -2.22. The Kier molecular flexibility index (Phi) is 5.59. The molecule has 0 bridgehead atoms. The summed E-state index contributed by atoms with van der Waals surface area (Å²) in [6, 6.07) is 17.5. The maximum Gasteiger partial charge on any atom is 0.246 e. The molecular formula is C19H20N4O4S. The number of nitrogens with two attached hydrogens (primary N) is 1.